The summed E-state index contributed by atoms with van der Waals surface area (Å²) in [5.74, 6) is 0. The molecule has 0 fully saturated rings. The van der Waals surface area contributed by atoms with Gasteiger partial charge in [0, 0.05) is 0 Å². The van der Waals surface area contributed by atoms with Gasteiger partial charge in [0.25, 0.3) is 5.56 Å². The average Bonchev–Trinajstić information content (AvgIpc) is 2.53. The summed E-state index contributed by atoms with van der Waals surface area (Å²) in [6.45, 7) is 1.97. The number of rotatable bonds is 2. The molecule has 98 valence electrons. The molecule has 0 spiro atoms. The third-order valence-corrected chi connectivity index (χ3v) is 3.28. The zero-order valence-electron chi connectivity index (χ0n) is 12.1. The maximum atomic E-state index is 12.0. The van der Waals surface area contributed by atoms with Gasteiger partial charge in [-0.3, -0.25) is 4.79 Å². The fourth-order valence-corrected chi connectivity index (χ4v) is 2.32. The first-order valence-electron chi connectivity index (χ1n) is 6.88. The van der Waals surface area contributed by atoms with Crippen LogP contribution in [-0.4, -0.2) is 9.96 Å². The standard InChI is InChI=1S/C17H14N2O/c1-2-14(12-6-4-3-5-7-12)13-8-9-16-15(10-13)17(20)19-11-18-16/h2-11H,1H3,(H,18,19,20)/i/hD. The number of hydrogen-bond donors (Lipinski definition) is 1. The molecule has 1 N–H and O–H groups in total. The molecule has 0 aliphatic heterocycles. The lowest BCUT2D eigenvalue weighted by atomic mass is 9.97. The highest BCUT2D eigenvalue weighted by Gasteiger charge is 2.06. The molecule has 0 unspecified atom stereocenters. The number of nitrogens with one attached hydrogen (secondary N) is 1. The van der Waals surface area contributed by atoms with Gasteiger partial charge in [-0.1, -0.05) is 42.5 Å². The van der Waals surface area contributed by atoms with Crippen molar-refractivity contribution >= 4 is 16.5 Å². The van der Waals surface area contributed by atoms with Crippen molar-refractivity contribution in [1.29, 1.82) is 0 Å². The Balaban J connectivity index is 2.21. The van der Waals surface area contributed by atoms with Crippen molar-refractivity contribution in [2.75, 3.05) is 0 Å². The van der Waals surface area contributed by atoms with E-state index in [1.54, 1.807) is 6.07 Å². The van der Waals surface area contributed by atoms with E-state index >= 15 is 0 Å². The van der Waals surface area contributed by atoms with Gasteiger partial charge in [0.15, 0.2) is 1.41 Å². The van der Waals surface area contributed by atoms with E-state index in [0.717, 1.165) is 21.7 Å². The summed E-state index contributed by atoms with van der Waals surface area (Å²) < 4.78 is 7.52. The second-order valence-electron chi connectivity index (χ2n) is 4.48. The second kappa shape index (κ2) is 5.13. The Morgan fingerprint density at radius 3 is 2.75 bits per heavy atom. The van der Waals surface area contributed by atoms with Crippen molar-refractivity contribution in [2.45, 2.75) is 6.92 Å². The van der Waals surface area contributed by atoms with Gasteiger partial charge in [-0.15, -0.1) is 0 Å². The molecule has 2 aromatic carbocycles. The Morgan fingerprint density at radius 2 is 2.00 bits per heavy atom. The van der Waals surface area contributed by atoms with E-state index in [9.17, 15) is 4.79 Å². The summed E-state index contributed by atoms with van der Waals surface area (Å²) in [5, 5.41) is 0.459. The van der Waals surface area contributed by atoms with E-state index < -0.39 is 0 Å². The molecule has 1 heterocycles. The molecule has 20 heavy (non-hydrogen) atoms. The molecule has 3 heteroatoms. The third-order valence-electron chi connectivity index (χ3n) is 3.28. The van der Waals surface area contributed by atoms with Crippen LogP contribution in [0, 0.1) is 0 Å². The molecule has 3 aromatic rings. The first kappa shape index (κ1) is 11.2. The summed E-state index contributed by atoms with van der Waals surface area (Å²) >= 11 is 0. The van der Waals surface area contributed by atoms with Gasteiger partial charge in [-0.05, 0) is 35.8 Å². The zero-order valence-corrected chi connectivity index (χ0v) is 11.1. The lowest BCUT2D eigenvalue weighted by Crippen LogP contribution is -2.06. The molecular formula is C17H14N2O. The van der Waals surface area contributed by atoms with E-state index in [2.05, 4.69) is 4.98 Å². The minimum atomic E-state index is -0.356. The summed E-state index contributed by atoms with van der Waals surface area (Å²) in [7, 11) is 0. The van der Waals surface area contributed by atoms with Crippen molar-refractivity contribution in [1.82, 2.24) is 9.96 Å². The molecule has 0 bridgehead atoms. The van der Waals surface area contributed by atoms with Gasteiger partial charge in [-0.2, -0.15) is 0 Å². The van der Waals surface area contributed by atoms with Crippen LogP contribution in [0.15, 0.2) is 65.7 Å². The lowest BCUT2D eigenvalue weighted by Gasteiger charge is -2.08. The Labute approximate surface area is 118 Å². The van der Waals surface area contributed by atoms with Crippen LogP contribution in [0.25, 0.3) is 16.5 Å². The average molecular weight is 263 g/mol. The van der Waals surface area contributed by atoms with Crippen molar-refractivity contribution in [3.8, 4) is 0 Å². The molecule has 0 saturated heterocycles. The number of hydrogen-bond acceptors (Lipinski definition) is 2. The number of benzene rings is 2. The molecule has 3 nitrogen and oxygen atoms in total. The molecule has 0 amide bonds. The van der Waals surface area contributed by atoms with Crippen molar-refractivity contribution in [3.63, 3.8) is 0 Å². The summed E-state index contributed by atoms with van der Waals surface area (Å²) in [6.07, 6.45) is 3.24. The predicted molar refractivity (Wildman–Crippen MR) is 81.6 cm³/mol. The Morgan fingerprint density at radius 1 is 1.20 bits per heavy atom. The van der Waals surface area contributed by atoms with Gasteiger partial charge in [0.2, 0.25) is 0 Å². The van der Waals surface area contributed by atoms with Crippen LogP contribution in [0.3, 0.4) is 0 Å². The Kier molecular flexibility index (Phi) is 2.87. The van der Waals surface area contributed by atoms with E-state index in [1.807, 2.05) is 55.5 Å². The maximum absolute atomic E-state index is 12.0. The lowest BCUT2D eigenvalue weighted by molar-refractivity contribution is 1.17. The number of allylic oxidation sites excluding steroid dienone is 1. The predicted octanol–water partition coefficient (Wildman–Crippen LogP) is 3.37. The third kappa shape index (κ3) is 2.14. The zero-order chi connectivity index (χ0) is 14.8. The van der Waals surface area contributed by atoms with E-state index in [-0.39, 0.29) is 5.56 Å². The minimum Gasteiger partial charge on any atom is -0.313 e. The van der Waals surface area contributed by atoms with Crippen LogP contribution in [0.1, 0.15) is 18.1 Å². The quantitative estimate of drug-likeness (QED) is 0.770. The van der Waals surface area contributed by atoms with Gasteiger partial charge < -0.3 is 4.98 Å². The van der Waals surface area contributed by atoms with Crippen LogP contribution in [-0.2, 0) is 0 Å². The van der Waals surface area contributed by atoms with Crippen molar-refractivity contribution < 1.29 is 1.41 Å². The minimum absolute atomic E-state index is 0.356. The van der Waals surface area contributed by atoms with Crippen LogP contribution < -0.4 is 5.56 Å². The Bertz CT molecular complexity index is 882. The fourth-order valence-electron chi connectivity index (χ4n) is 2.32. The van der Waals surface area contributed by atoms with Crippen LogP contribution in [0.2, 0.25) is 1.41 Å². The van der Waals surface area contributed by atoms with Gasteiger partial charge in [-0.25, -0.2) is 4.98 Å². The van der Waals surface area contributed by atoms with E-state index in [0.29, 0.717) is 10.9 Å². The molecule has 1 aromatic heterocycles. The summed E-state index contributed by atoms with van der Waals surface area (Å²) in [5.41, 5.74) is 3.34. The van der Waals surface area contributed by atoms with Crippen LogP contribution in [0.4, 0.5) is 0 Å². The largest absolute Gasteiger partial charge is 0.313 e. The van der Waals surface area contributed by atoms with Gasteiger partial charge >= 0.3 is 0 Å². The first-order chi connectivity index (χ1) is 10.2. The van der Waals surface area contributed by atoms with Crippen LogP contribution in [0.5, 0.6) is 0 Å². The molecule has 0 atom stereocenters. The normalized spacial score (nSPS) is 12.4. The number of aromatic nitrogens is 2. The highest BCUT2D eigenvalue weighted by molar-refractivity contribution is 5.87. The van der Waals surface area contributed by atoms with E-state index in [1.165, 1.54) is 6.33 Å². The molecule has 3 rings (SSSR count). The molecular weight excluding hydrogens is 248 g/mol. The fraction of sp³-hybridized carbons (Fsp3) is 0.0588. The van der Waals surface area contributed by atoms with E-state index in [4.69, 9.17) is 1.41 Å². The summed E-state index contributed by atoms with van der Waals surface area (Å²) in [4.78, 5) is 16.9. The second-order valence-corrected chi connectivity index (χ2v) is 4.48. The maximum Gasteiger partial charge on any atom is 0.258 e. The van der Waals surface area contributed by atoms with Gasteiger partial charge in [0.1, 0.15) is 0 Å². The molecule has 0 aliphatic carbocycles. The molecule has 0 radical (unpaired) electrons. The smallest absolute Gasteiger partial charge is 0.258 e. The number of aromatic amines is 1. The van der Waals surface area contributed by atoms with Gasteiger partial charge in [0.05, 0.1) is 17.2 Å². The summed E-state index contributed by atoms with van der Waals surface area (Å²) in [6, 6.07) is 15.6. The Hall–Kier alpha value is -2.68. The van der Waals surface area contributed by atoms with Crippen molar-refractivity contribution in [2.24, 2.45) is 0 Å². The number of nitrogens with zero attached hydrogens (tertiary/aromatic N) is 1. The molecule has 0 saturated carbocycles. The highest BCUT2D eigenvalue weighted by Crippen LogP contribution is 2.24. The van der Waals surface area contributed by atoms with Crippen molar-refractivity contribution in [3.05, 3.63) is 82.4 Å². The SMILES string of the molecule is [2H]n1cnc2ccc(C(=CC)c3ccccc3)cc2c1=O. The molecule has 0 aliphatic rings. The highest BCUT2D eigenvalue weighted by atomic mass is 16.1. The number of fused-ring (bicyclic) bond motifs is 1. The van der Waals surface area contributed by atoms with Crippen LogP contribution >= 0.6 is 0 Å². The monoisotopic (exact) mass is 263 g/mol. The number of H-pyrrole nitrogens is 1. The first-order valence-corrected chi connectivity index (χ1v) is 6.43. The topological polar surface area (TPSA) is 45.8 Å².